The molecule has 128 valence electrons. The Morgan fingerprint density at radius 1 is 1.46 bits per heavy atom. The largest absolute Gasteiger partial charge is 0.508 e. The number of hydrogen-bond donors (Lipinski definition) is 2. The molecule has 0 unspecified atom stereocenters. The van der Waals surface area contributed by atoms with E-state index in [2.05, 4.69) is 10.3 Å². The molecule has 2 N–H and O–H groups in total. The zero-order chi connectivity index (χ0) is 17.3. The summed E-state index contributed by atoms with van der Waals surface area (Å²) in [5, 5.41) is 13.7. The smallest absolute Gasteiger partial charge is 0.318 e. The molecule has 24 heavy (non-hydrogen) atoms. The Balaban J connectivity index is 1.69. The molecule has 0 bridgehead atoms. The molecule has 1 aromatic heterocycles. The van der Waals surface area contributed by atoms with Crippen LogP contribution in [0.2, 0.25) is 0 Å². The third kappa shape index (κ3) is 3.87. The second kappa shape index (κ2) is 6.81. The Bertz CT molecular complexity index is 740. The summed E-state index contributed by atoms with van der Waals surface area (Å²) < 4.78 is 0. The third-order valence-electron chi connectivity index (χ3n) is 4.18. The van der Waals surface area contributed by atoms with E-state index in [1.165, 1.54) is 0 Å². The van der Waals surface area contributed by atoms with Crippen molar-refractivity contribution in [2.24, 2.45) is 0 Å². The number of carbonyl (C=O) groups is 1. The van der Waals surface area contributed by atoms with Gasteiger partial charge in [-0.2, -0.15) is 0 Å². The molecule has 3 rings (SSSR count). The Morgan fingerprint density at radius 3 is 2.79 bits per heavy atom. The van der Waals surface area contributed by atoms with Crippen molar-refractivity contribution in [2.75, 3.05) is 0 Å². The van der Waals surface area contributed by atoms with Gasteiger partial charge in [0.15, 0.2) is 0 Å². The fraction of sp³-hybridized carbons (Fsp3) is 0.444. The van der Waals surface area contributed by atoms with Crippen LogP contribution in [0.1, 0.15) is 46.9 Å². The first-order chi connectivity index (χ1) is 11.4. The van der Waals surface area contributed by atoms with Crippen LogP contribution < -0.4 is 5.32 Å². The number of hydrogen-bond acceptors (Lipinski definition) is 4. The van der Waals surface area contributed by atoms with Crippen LogP contribution >= 0.6 is 11.3 Å². The van der Waals surface area contributed by atoms with Gasteiger partial charge in [-0.25, -0.2) is 9.78 Å². The van der Waals surface area contributed by atoms with Crippen LogP contribution in [0.4, 0.5) is 4.79 Å². The van der Waals surface area contributed by atoms with Crippen LogP contribution in [-0.2, 0) is 6.54 Å². The van der Waals surface area contributed by atoms with E-state index in [1.807, 2.05) is 31.7 Å². The Morgan fingerprint density at radius 2 is 2.21 bits per heavy atom. The van der Waals surface area contributed by atoms with Crippen LogP contribution in [0.15, 0.2) is 24.3 Å². The number of phenols is 1. The first-order valence-corrected chi connectivity index (χ1v) is 9.04. The van der Waals surface area contributed by atoms with E-state index in [-0.39, 0.29) is 17.8 Å². The van der Waals surface area contributed by atoms with Gasteiger partial charge in [-0.3, -0.25) is 0 Å². The number of phenolic OH excluding ortho intramolecular Hbond substituents is 1. The third-order valence-corrected chi connectivity index (χ3v) is 5.44. The van der Waals surface area contributed by atoms with E-state index < -0.39 is 0 Å². The second-order valence-corrected chi connectivity index (χ2v) is 7.62. The van der Waals surface area contributed by atoms with Gasteiger partial charge in [-0.15, -0.1) is 11.3 Å². The van der Waals surface area contributed by atoms with Gasteiger partial charge in [0.2, 0.25) is 0 Å². The van der Waals surface area contributed by atoms with Crippen LogP contribution in [0.25, 0.3) is 0 Å². The Kier molecular flexibility index (Phi) is 4.76. The molecule has 5 nitrogen and oxygen atoms in total. The quantitative estimate of drug-likeness (QED) is 0.864. The molecule has 1 aromatic carbocycles. The number of thiazole rings is 1. The number of carbonyl (C=O) groups excluding carboxylic acids is 1. The predicted octanol–water partition coefficient (Wildman–Crippen LogP) is 3.90. The average Bonchev–Trinajstić information content (AvgIpc) is 3.29. The van der Waals surface area contributed by atoms with Crippen molar-refractivity contribution in [2.45, 2.75) is 52.2 Å². The lowest BCUT2D eigenvalue weighted by atomic mass is 10.2. The van der Waals surface area contributed by atoms with Gasteiger partial charge >= 0.3 is 6.03 Å². The molecule has 1 fully saturated rings. The number of aryl methyl sites for hydroxylation is 2. The van der Waals surface area contributed by atoms with Crippen molar-refractivity contribution >= 4 is 17.4 Å². The highest BCUT2D eigenvalue weighted by atomic mass is 32.1. The molecule has 0 saturated heterocycles. The van der Waals surface area contributed by atoms with Crippen LogP contribution in [0.5, 0.6) is 5.75 Å². The summed E-state index contributed by atoms with van der Waals surface area (Å²) in [4.78, 5) is 20.2. The maximum absolute atomic E-state index is 12.8. The minimum absolute atomic E-state index is 0.0567. The SMILES string of the molecule is Cc1nc(C)c([C@H](C)NC(=O)N(Cc2cccc(O)c2)C2CC2)s1. The first kappa shape index (κ1) is 16.8. The molecule has 1 aliphatic rings. The number of benzene rings is 1. The van der Waals surface area contributed by atoms with E-state index in [1.54, 1.807) is 29.5 Å². The molecule has 1 heterocycles. The monoisotopic (exact) mass is 345 g/mol. The lowest BCUT2D eigenvalue weighted by Gasteiger charge is -2.25. The Hall–Kier alpha value is -2.08. The second-order valence-electron chi connectivity index (χ2n) is 6.38. The molecule has 0 radical (unpaired) electrons. The van der Waals surface area contributed by atoms with Gasteiger partial charge in [-0.1, -0.05) is 12.1 Å². The summed E-state index contributed by atoms with van der Waals surface area (Å²) >= 11 is 1.63. The normalized spacial score (nSPS) is 15.1. The van der Waals surface area contributed by atoms with Gasteiger partial charge in [0, 0.05) is 17.5 Å². The van der Waals surface area contributed by atoms with Crippen molar-refractivity contribution < 1.29 is 9.90 Å². The van der Waals surface area contributed by atoms with Crippen molar-refractivity contribution in [1.82, 2.24) is 15.2 Å². The van der Waals surface area contributed by atoms with Crippen molar-refractivity contribution in [1.29, 1.82) is 0 Å². The van der Waals surface area contributed by atoms with Gasteiger partial charge in [0.25, 0.3) is 0 Å². The molecule has 0 aliphatic heterocycles. The molecule has 2 amide bonds. The number of urea groups is 1. The van der Waals surface area contributed by atoms with Gasteiger partial charge in [-0.05, 0) is 51.3 Å². The molecule has 1 saturated carbocycles. The molecular weight excluding hydrogens is 322 g/mol. The van der Waals surface area contributed by atoms with E-state index in [4.69, 9.17) is 0 Å². The van der Waals surface area contributed by atoms with Crippen molar-refractivity contribution in [3.8, 4) is 5.75 Å². The summed E-state index contributed by atoms with van der Waals surface area (Å²) in [5.74, 6) is 0.229. The minimum Gasteiger partial charge on any atom is -0.508 e. The van der Waals surface area contributed by atoms with Crippen LogP contribution in [0, 0.1) is 13.8 Å². The lowest BCUT2D eigenvalue weighted by molar-refractivity contribution is 0.188. The molecule has 2 aromatic rings. The highest BCUT2D eigenvalue weighted by molar-refractivity contribution is 7.11. The number of rotatable bonds is 5. The van der Waals surface area contributed by atoms with Gasteiger partial charge in [0.1, 0.15) is 5.75 Å². The van der Waals surface area contributed by atoms with Gasteiger partial charge in [0.05, 0.1) is 16.7 Å². The number of aromatic hydroxyl groups is 1. The minimum atomic E-state index is -0.0610. The summed E-state index contributed by atoms with van der Waals surface area (Å²) in [7, 11) is 0. The molecule has 1 atom stereocenters. The van der Waals surface area contributed by atoms with Crippen LogP contribution in [-0.4, -0.2) is 27.1 Å². The van der Waals surface area contributed by atoms with Crippen molar-refractivity contribution in [3.05, 3.63) is 45.4 Å². The standard InChI is InChI=1S/C18H23N3O2S/c1-11-17(24-13(3)19-11)12(2)20-18(23)21(15-7-8-15)10-14-5-4-6-16(22)9-14/h4-6,9,12,15,22H,7-8,10H2,1-3H3,(H,20,23)/t12-/m0/s1. The highest BCUT2D eigenvalue weighted by Gasteiger charge is 2.33. The highest BCUT2D eigenvalue weighted by Crippen LogP contribution is 2.30. The molecule has 6 heteroatoms. The number of aromatic nitrogens is 1. The first-order valence-electron chi connectivity index (χ1n) is 8.23. The zero-order valence-corrected chi connectivity index (χ0v) is 15.1. The summed E-state index contributed by atoms with van der Waals surface area (Å²) in [6, 6.07) is 7.27. The van der Waals surface area contributed by atoms with E-state index in [9.17, 15) is 9.90 Å². The van der Waals surface area contributed by atoms with Crippen LogP contribution in [0.3, 0.4) is 0 Å². The number of nitrogens with zero attached hydrogens (tertiary/aromatic N) is 2. The Labute approximate surface area is 146 Å². The zero-order valence-electron chi connectivity index (χ0n) is 14.2. The van der Waals surface area contributed by atoms with E-state index >= 15 is 0 Å². The topological polar surface area (TPSA) is 65.5 Å². The van der Waals surface area contributed by atoms with Crippen molar-refractivity contribution in [3.63, 3.8) is 0 Å². The molecular formula is C18H23N3O2S. The fourth-order valence-corrected chi connectivity index (χ4v) is 3.82. The maximum atomic E-state index is 12.8. The maximum Gasteiger partial charge on any atom is 0.318 e. The average molecular weight is 345 g/mol. The summed E-state index contributed by atoms with van der Waals surface area (Å²) in [6.45, 7) is 6.47. The number of nitrogens with one attached hydrogen (secondary N) is 1. The van der Waals surface area contributed by atoms with E-state index in [0.717, 1.165) is 34.0 Å². The van der Waals surface area contributed by atoms with Gasteiger partial charge < -0.3 is 15.3 Å². The lowest BCUT2D eigenvalue weighted by Crippen LogP contribution is -2.41. The summed E-state index contributed by atoms with van der Waals surface area (Å²) in [5.41, 5.74) is 1.92. The van der Waals surface area contributed by atoms with E-state index in [0.29, 0.717) is 12.6 Å². The summed E-state index contributed by atoms with van der Waals surface area (Å²) in [6.07, 6.45) is 2.08. The molecule has 1 aliphatic carbocycles. The fourth-order valence-electron chi connectivity index (χ4n) is 2.89. The number of amides is 2. The predicted molar refractivity (Wildman–Crippen MR) is 95.2 cm³/mol. The molecule has 0 spiro atoms.